The van der Waals surface area contributed by atoms with Crippen LogP contribution in [0.25, 0.3) is 10.8 Å². The first-order valence-corrected chi connectivity index (χ1v) is 9.53. The Morgan fingerprint density at radius 3 is 2.11 bits per heavy atom. The topological polar surface area (TPSA) is 62.6 Å². The van der Waals surface area contributed by atoms with Gasteiger partial charge in [-0.1, -0.05) is 61.5 Å². The van der Waals surface area contributed by atoms with Crippen molar-refractivity contribution in [3.05, 3.63) is 72.3 Å². The monoisotopic (exact) mass is 376 g/mol. The molecule has 5 nitrogen and oxygen atoms in total. The number of quaternary nitrogens is 1. The number of fused-ring (bicyclic) bond motifs is 1. The van der Waals surface area contributed by atoms with E-state index in [1.165, 1.54) is 0 Å². The maximum Gasteiger partial charge on any atom is 0.279 e. The lowest BCUT2D eigenvalue weighted by Crippen LogP contribution is -3.11. The van der Waals surface area contributed by atoms with E-state index in [0.717, 1.165) is 39.0 Å². The molecular weight excluding hydrogens is 350 g/mol. The molecule has 0 fully saturated rings. The van der Waals surface area contributed by atoms with Crippen LogP contribution in [0.15, 0.2) is 66.7 Å². The average Bonchev–Trinajstić information content (AvgIpc) is 2.68. The Hall–Kier alpha value is -3.18. The first-order chi connectivity index (χ1) is 13.6. The van der Waals surface area contributed by atoms with Gasteiger partial charge in [0.1, 0.15) is 0 Å². The molecule has 5 heteroatoms. The lowest BCUT2D eigenvalue weighted by atomic mass is 10.1. The number of aryl methyl sites for hydroxylation is 1. The largest absolute Gasteiger partial charge is 0.322 e. The molecule has 0 heterocycles. The van der Waals surface area contributed by atoms with E-state index in [4.69, 9.17) is 0 Å². The minimum atomic E-state index is -0.115. The Kier molecular flexibility index (Phi) is 6.40. The molecule has 0 aliphatic carbocycles. The maximum atomic E-state index is 12.4. The summed E-state index contributed by atoms with van der Waals surface area (Å²) in [6.07, 6.45) is 0.854. The third-order valence-corrected chi connectivity index (χ3v) is 4.66. The molecule has 1 unspecified atom stereocenters. The van der Waals surface area contributed by atoms with Gasteiger partial charge in [0, 0.05) is 16.8 Å². The molecule has 3 aromatic carbocycles. The molecule has 2 amide bonds. The van der Waals surface area contributed by atoms with Crippen LogP contribution in [0.2, 0.25) is 0 Å². The smallest absolute Gasteiger partial charge is 0.279 e. The highest BCUT2D eigenvalue weighted by molar-refractivity contribution is 6.02. The molecular formula is C23H26N3O2+. The molecule has 3 N–H and O–H groups in total. The number of likely N-dealkylation sites (N-methyl/N-ethyl adjacent to an activating group) is 1. The lowest BCUT2D eigenvalue weighted by molar-refractivity contribution is -0.862. The van der Waals surface area contributed by atoms with E-state index in [9.17, 15) is 9.59 Å². The Morgan fingerprint density at radius 2 is 1.36 bits per heavy atom. The van der Waals surface area contributed by atoms with E-state index in [1.807, 2.05) is 73.8 Å². The zero-order chi connectivity index (χ0) is 19.9. The molecule has 0 saturated heterocycles. The molecule has 0 aliphatic heterocycles. The van der Waals surface area contributed by atoms with Gasteiger partial charge in [0.2, 0.25) is 0 Å². The zero-order valence-electron chi connectivity index (χ0n) is 16.3. The quantitative estimate of drug-likeness (QED) is 0.593. The van der Waals surface area contributed by atoms with Crippen LogP contribution in [-0.4, -0.2) is 32.0 Å². The highest BCUT2D eigenvalue weighted by atomic mass is 16.2. The van der Waals surface area contributed by atoms with Gasteiger partial charge in [-0.25, -0.2) is 0 Å². The minimum absolute atomic E-state index is 0.101. The summed E-state index contributed by atoms with van der Waals surface area (Å²) in [6, 6.07) is 21.5. The summed E-state index contributed by atoms with van der Waals surface area (Å²) in [4.78, 5) is 25.6. The summed E-state index contributed by atoms with van der Waals surface area (Å²) in [7, 11) is 1.84. The van der Waals surface area contributed by atoms with Gasteiger partial charge in [-0.3, -0.25) is 9.59 Å². The summed E-state index contributed by atoms with van der Waals surface area (Å²) in [5.74, 6) is -0.216. The zero-order valence-corrected chi connectivity index (χ0v) is 16.3. The SMILES string of the molecule is CCc1ccccc1NC(=O)C[NH+](C)CC(=O)Nc1cccc2ccccc12. The fourth-order valence-corrected chi connectivity index (χ4v) is 3.28. The number of amides is 2. The highest BCUT2D eigenvalue weighted by Crippen LogP contribution is 2.22. The van der Waals surface area contributed by atoms with Crippen molar-refractivity contribution >= 4 is 34.0 Å². The van der Waals surface area contributed by atoms with E-state index in [2.05, 4.69) is 17.6 Å². The number of anilines is 2. The van der Waals surface area contributed by atoms with Crippen LogP contribution in [0.1, 0.15) is 12.5 Å². The second kappa shape index (κ2) is 9.15. The molecule has 0 aromatic heterocycles. The number of rotatable bonds is 7. The Balaban J connectivity index is 1.56. The molecule has 0 radical (unpaired) electrons. The maximum absolute atomic E-state index is 12.4. The number of carbonyl (C=O) groups is 2. The van der Waals surface area contributed by atoms with Gasteiger partial charge in [-0.05, 0) is 29.5 Å². The van der Waals surface area contributed by atoms with E-state index in [0.29, 0.717) is 0 Å². The predicted octanol–water partition coefficient (Wildman–Crippen LogP) is 2.49. The fourth-order valence-electron chi connectivity index (χ4n) is 3.28. The van der Waals surface area contributed by atoms with Crippen LogP contribution in [0.5, 0.6) is 0 Å². The van der Waals surface area contributed by atoms with E-state index < -0.39 is 0 Å². The van der Waals surface area contributed by atoms with Crippen molar-refractivity contribution in [1.82, 2.24) is 0 Å². The van der Waals surface area contributed by atoms with Crippen molar-refractivity contribution in [3.8, 4) is 0 Å². The van der Waals surface area contributed by atoms with Gasteiger partial charge in [0.05, 0.1) is 7.05 Å². The molecule has 1 atom stereocenters. The highest BCUT2D eigenvalue weighted by Gasteiger charge is 2.16. The van der Waals surface area contributed by atoms with Crippen molar-refractivity contribution in [3.63, 3.8) is 0 Å². The van der Waals surface area contributed by atoms with Crippen molar-refractivity contribution in [2.75, 3.05) is 30.8 Å². The summed E-state index contributed by atoms with van der Waals surface area (Å²) in [5, 5.41) is 8.00. The van der Waals surface area contributed by atoms with Crippen molar-refractivity contribution < 1.29 is 14.5 Å². The Labute approximate surface area is 165 Å². The first kappa shape index (κ1) is 19.6. The van der Waals surface area contributed by atoms with Gasteiger partial charge in [-0.15, -0.1) is 0 Å². The van der Waals surface area contributed by atoms with Crippen LogP contribution < -0.4 is 15.5 Å². The molecule has 3 rings (SSSR count). The number of hydrogen-bond donors (Lipinski definition) is 3. The number of nitrogens with one attached hydrogen (secondary N) is 3. The molecule has 28 heavy (non-hydrogen) atoms. The van der Waals surface area contributed by atoms with Gasteiger partial charge in [0.15, 0.2) is 13.1 Å². The van der Waals surface area contributed by atoms with Crippen LogP contribution in [0.3, 0.4) is 0 Å². The first-order valence-electron chi connectivity index (χ1n) is 9.53. The number of hydrogen-bond acceptors (Lipinski definition) is 2. The number of benzene rings is 3. The van der Waals surface area contributed by atoms with Crippen molar-refractivity contribution in [2.24, 2.45) is 0 Å². The molecule has 144 valence electrons. The molecule has 0 bridgehead atoms. The third-order valence-electron chi connectivity index (χ3n) is 4.66. The average molecular weight is 376 g/mol. The van der Waals surface area contributed by atoms with Crippen molar-refractivity contribution in [2.45, 2.75) is 13.3 Å². The molecule has 0 spiro atoms. The minimum Gasteiger partial charge on any atom is -0.322 e. The molecule has 0 saturated carbocycles. The van der Waals surface area contributed by atoms with Crippen molar-refractivity contribution in [1.29, 1.82) is 0 Å². The van der Waals surface area contributed by atoms with Gasteiger partial charge in [0.25, 0.3) is 11.8 Å². The Bertz CT molecular complexity index is 979. The normalized spacial score (nSPS) is 11.8. The van der Waals surface area contributed by atoms with Gasteiger partial charge in [-0.2, -0.15) is 0 Å². The van der Waals surface area contributed by atoms with Crippen LogP contribution in [0.4, 0.5) is 11.4 Å². The van der Waals surface area contributed by atoms with Gasteiger partial charge < -0.3 is 15.5 Å². The number of carbonyl (C=O) groups excluding carboxylic acids is 2. The summed E-state index contributed by atoms with van der Waals surface area (Å²) in [6.45, 7) is 2.49. The summed E-state index contributed by atoms with van der Waals surface area (Å²) < 4.78 is 0. The molecule has 3 aromatic rings. The van der Waals surface area contributed by atoms with E-state index in [-0.39, 0.29) is 24.9 Å². The summed E-state index contributed by atoms with van der Waals surface area (Å²) >= 11 is 0. The third kappa shape index (κ3) is 4.96. The predicted molar refractivity (Wildman–Crippen MR) is 114 cm³/mol. The van der Waals surface area contributed by atoms with Crippen LogP contribution in [0, 0.1) is 0 Å². The number of para-hydroxylation sites is 1. The van der Waals surface area contributed by atoms with Gasteiger partial charge >= 0.3 is 0 Å². The van der Waals surface area contributed by atoms with E-state index in [1.54, 1.807) is 0 Å². The lowest BCUT2D eigenvalue weighted by Gasteiger charge is -2.15. The Morgan fingerprint density at radius 1 is 0.786 bits per heavy atom. The second-order valence-corrected chi connectivity index (χ2v) is 6.94. The fraction of sp³-hybridized carbons (Fsp3) is 0.217. The standard InChI is InChI=1S/C23H25N3O2/c1-3-17-9-5-7-13-20(17)24-22(27)15-26(2)16-23(28)25-21-14-8-11-18-10-4-6-12-19(18)21/h4-14H,3,15-16H2,1-2H3,(H,24,27)(H,25,28)/p+1. The van der Waals surface area contributed by atoms with E-state index >= 15 is 0 Å². The molecule has 0 aliphatic rings. The van der Waals surface area contributed by atoms with Crippen LogP contribution in [-0.2, 0) is 16.0 Å². The second-order valence-electron chi connectivity index (χ2n) is 6.94. The van der Waals surface area contributed by atoms with Crippen LogP contribution >= 0.6 is 0 Å². The summed E-state index contributed by atoms with van der Waals surface area (Å²) in [5.41, 5.74) is 2.72.